The smallest absolute Gasteiger partial charge is 0.0413 e. The van der Waals surface area contributed by atoms with Gasteiger partial charge in [-0.2, -0.15) is 0 Å². The zero-order valence-electron chi connectivity index (χ0n) is 3.82. The lowest BCUT2D eigenvalue weighted by Crippen LogP contribution is -1.77. The molecule has 0 N–H and O–H groups in total. The molecule has 0 aromatic rings. The average Bonchev–Trinajstić information content (AvgIpc) is 2.28. The van der Waals surface area contributed by atoms with Crippen molar-refractivity contribution in [3.63, 3.8) is 0 Å². The second kappa shape index (κ2) is 0.964. The molecule has 0 heterocycles. The zero-order valence-corrected chi connectivity index (χ0v) is 5.34. The lowest BCUT2D eigenvalue weighted by Gasteiger charge is -1.75. The van der Waals surface area contributed by atoms with E-state index in [1.54, 1.807) is 0 Å². The molecule has 0 bridgehead atoms. The third-order valence-electron chi connectivity index (χ3n) is 2.05. The molecule has 0 aromatic heterocycles. The number of halogens is 2. The quantitative estimate of drug-likeness (QED) is 0.448. The van der Waals surface area contributed by atoms with Crippen LogP contribution in [0.25, 0.3) is 0 Å². The van der Waals surface area contributed by atoms with Crippen LogP contribution in [0.1, 0.15) is 12.8 Å². The zero-order chi connectivity index (χ0) is 5.07. The predicted octanol–water partition coefficient (Wildman–Crippen LogP) is 2.00. The lowest BCUT2D eigenvalue weighted by atomic mass is 10.4. The van der Waals surface area contributed by atoms with Gasteiger partial charge in [-0.05, 0) is 12.8 Å². The molecule has 1 spiro atoms. The van der Waals surface area contributed by atoms with Crippen molar-refractivity contribution in [2.75, 3.05) is 0 Å². The standard InChI is InChI=1S/C5H6Cl2/c6-3-1-5(3)2-4(5)7/h3-4H,1-2H2/t3-,4-,5?/m0/s1. The summed E-state index contributed by atoms with van der Waals surface area (Å²) in [6.45, 7) is 0. The molecular formula is C5H6Cl2. The van der Waals surface area contributed by atoms with E-state index in [1.165, 1.54) is 12.8 Å². The van der Waals surface area contributed by atoms with Gasteiger partial charge in [-0.25, -0.2) is 0 Å². The maximum absolute atomic E-state index is 5.75. The van der Waals surface area contributed by atoms with Gasteiger partial charge in [-0.3, -0.25) is 0 Å². The van der Waals surface area contributed by atoms with E-state index in [9.17, 15) is 0 Å². The largest absolute Gasteiger partial charge is 0.122 e. The van der Waals surface area contributed by atoms with Gasteiger partial charge >= 0.3 is 0 Å². The molecule has 2 fully saturated rings. The second-order valence-corrected chi connectivity index (χ2v) is 3.63. The molecule has 40 valence electrons. The van der Waals surface area contributed by atoms with Crippen molar-refractivity contribution < 1.29 is 0 Å². The van der Waals surface area contributed by atoms with Crippen LogP contribution in [-0.2, 0) is 0 Å². The fraction of sp³-hybridized carbons (Fsp3) is 1.00. The minimum atomic E-state index is 0.426. The summed E-state index contributed by atoms with van der Waals surface area (Å²) in [5, 5.41) is 0.852. The van der Waals surface area contributed by atoms with Crippen LogP contribution in [0.5, 0.6) is 0 Å². The summed E-state index contributed by atoms with van der Waals surface area (Å²) in [6.07, 6.45) is 2.34. The summed E-state index contributed by atoms with van der Waals surface area (Å²) < 4.78 is 0. The Hall–Kier alpha value is 0.580. The first-order valence-electron chi connectivity index (χ1n) is 2.54. The highest BCUT2D eigenvalue weighted by molar-refractivity contribution is 6.29. The van der Waals surface area contributed by atoms with Crippen LogP contribution in [0.2, 0.25) is 0 Å². The van der Waals surface area contributed by atoms with Gasteiger partial charge in [0.1, 0.15) is 0 Å². The first kappa shape index (κ1) is 4.46. The van der Waals surface area contributed by atoms with Gasteiger partial charge in [0.05, 0.1) is 0 Å². The van der Waals surface area contributed by atoms with Crippen LogP contribution in [0.4, 0.5) is 0 Å². The van der Waals surface area contributed by atoms with E-state index >= 15 is 0 Å². The Kier molecular flexibility index (Phi) is 0.614. The number of alkyl halides is 2. The topological polar surface area (TPSA) is 0 Å². The Morgan fingerprint density at radius 3 is 1.43 bits per heavy atom. The van der Waals surface area contributed by atoms with E-state index < -0.39 is 0 Å². The first-order valence-corrected chi connectivity index (χ1v) is 3.41. The maximum atomic E-state index is 5.75. The predicted molar refractivity (Wildman–Crippen MR) is 30.9 cm³/mol. The van der Waals surface area contributed by atoms with E-state index in [2.05, 4.69) is 0 Å². The molecule has 2 aliphatic carbocycles. The maximum Gasteiger partial charge on any atom is 0.0413 e. The summed E-state index contributed by atoms with van der Waals surface area (Å²) >= 11 is 11.5. The van der Waals surface area contributed by atoms with Crippen molar-refractivity contribution in [3.8, 4) is 0 Å². The van der Waals surface area contributed by atoms with E-state index in [0.29, 0.717) is 16.2 Å². The number of hydrogen-bond acceptors (Lipinski definition) is 0. The lowest BCUT2D eigenvalue weighted by molar-refractivity contribution is 0.903. The van der Waals surface area contributed by atoms with Crippen molar-refractivity contribution >= 4 is 23.2 Å². The van der Waals surface area contributed by atoms with Crippen LogP contribution in [0, 0.1) is 5.41 Å². The molecule has 0 unspecified atom stereocenters. The van der Waals surface area contributed by atoms with Gasteiger partial charge in [0, 0.05) is 16.2 Å². The van der Waals surface area contributed by atoms with Gasteiger partial charge in [-0.1, -0.05) is 0 Å². The summed E-state index contributed by atoms with van der Waals surface area (Å²) in [7, 11) is 0. The van der Waals surface area contributed by atoms with Gasteiger partial charge in [0.15, 0.2) is 0 Å². The van der Waals surface area contributed by atoms with E-state index in [0.717, 1.165) is 0 Å². The number of hydrogen-bond donors (Lipinski definition) is 0. The molecule has 2 aliphatic rings. The third-order valence-corrected chi connectivity index (χ3v) is 3.22. The monoisotopic (exact) mass is 136 g/mol. The van der Waals surface area contributed by atoms with Gasteiger partial charge in [0.25, 0.3) is 0 Å². The van der Waals surface area contributed by atoms with Crippen LogP contribution >= 0.6 is 23.2 Å². The SMILES string of the molecule is Cl[C@H]1CC12C[C@@H]2Cl. The van der Waals surface area contributed by atoms with Gasteiger partial charge in [-0.15, -0.1) is 23.2 Å². The van der Waals surface area contributed by atoms with E-state index in [1.807, 2.05) is 0 Å². The first-order chi connectivity index (χ1) is 3.26. The molecule has 2 saturated carbocycles. The Morgan fingerprint density at radius 1 is 1.14 bits per heavy atom. The minimum absolute atomic E-state index is 0.426. The van der Waals surface area contributed by atoms with Crippen molar-refractivity contribution in [3.05, 3.63) is 0 Å². The van der Waals surface area contributed by atoms with Crippen LogP contribution in [-0.4, -0.2) is 10.8 Å². The molecule has 0 radical (unpaired) electrons. The molecule has 2 atom stereocenters. The molecule has 2 rings (SSSR count). The fourth-order valence-electron chi connectivity index (χ4n) is 1.08. The fourth-order valence-corrected chi connectivity index (χ4v) is 2.21. The molecule has 2 heteroatoms. The second-order valence-electron chi connectivity index (χ2n) is 2.58. The molecule has 0 aliphatic heterocycles. The van der Waals surface area contributed by atoms with Crippen molar-refractivity contribution in [1.82, 2.24) is 0 Å². The van der Waals surface area contributed by atoms with Crippen LogP contribution < -0.4 is 0 Å². The Bertz CT molecular complexity index is 96.6. The summed E-state index contributed by atoms with van der Waals surface area (Å²) in [4.78, 5) is 0. The highest BCUT2D eigenvalue weighted by Gasteiger charge is 2.69. The molecule has 0 saturated heterocycles. The van der Waals surface area contributed by atoms with Crippen molar-refractivity contribution in [1.29, 1.82) is 0 Å². The Morgan fingerprint density at radius 2 is 1.43 bits per heavy atom. The van der Waals surface area contributed by atoms with Crippen molar-refractivity contribution in [2.24, 2.45) is 5.41 Å². The minimum Gasteiger partial charge on any atom is -0.122 e. The molecule has 0 aromatic carbocycles. The van der Waals surface area contributed by atoms with E-state index in [-0.39, 0.29) is 0 Å². The molecule has 0 nitrogen and oxygen atoms in total. The molecular weight excluding hydrogens is 131 g/mol. The highest BCUT2D eigenvalue weighted by atomic mass is 35.5. The van der Waals surface area contributed by atoms with Crippen molar-refractivity contribution in [2.45, 2.75) is 23.6 Å². The average molecular weight is 137 g/mol. The number of rotatable bonds is 0. The summed E-state index contributed by atoms with van der Waals surface area (Å²) in [5.41, 5.74) is 0.448. The Balaban J connectivity index is 2.11. The summed E-state index contributed by atoms with van der Waals surface area (Å²) in [5.74, 6) is 0. The molecule has 0 amide bonds. The summed E-state index contributed by atoms with van der Waals surface area (Å²) in [6, 6.07) is 0. The third kappa shape index (κ3) is 0.400. The van der Waals surface area contributed by atoms with Gasteiger partial charge < -0.3 is 0 Å². The highest BCUT2D eigenvalue weighted by Crippen LogP contribution is 2.70. The Labute approximate surface area is 52.8 Å². The van der Waals surface area contributed by atoms with Crippen LogP contribution in [0.3, 0.4) is 0 Å². The van der Waals surface area contributed by atoms with E-state index in [4.69, 9.17) is 23.2 Å². The van der Waals surface area contributed by atoms with Gasteiger partial charge in [0.2, 0.25) is 0 Å². The van der Waals surface area contributed by atoms with Crippen LogP contribution in [0.15, 0.2) is 0 Å². The normalized spacial score (nSPS) is 52.3. The molecule has 7 heavy (non-hydrogen) atoms.